The number of hydrogen-bond donors (Lipinski definition) is 0. The van der Waals surface area contributed by atoms with Crippen molar-refractivity contribution in [3.05, 3.63) is 0 Å². The van der Waals surface area contributed by atoms with E-state index in [4.69, 9.17) is 23.2 Å². The van der Waals surface area contributed by atoms with Crippen molar-refractivity contribution in [2.45, 2.75) is 50.3 Å². The van der Waals surface area contributed by atoms with Crippen LogP contribution in [-0.4, -0.2) is 10.8 Å². The van der Waals surface area contributed by atoms with E-state index in [1.54, 1.807) is 0 Å². The van der Waals surface area contributed by atoms with Gasteiger partial charge in [0.05, 0.1) is 0 Å². The van der Waals surface area contributed by atoms with E-state index >= 15 is 0 Å². The second-order valence-corrected chi connectivity index (χ2v) is 4.34. The summed E-state index contributed by atoms with van der Waals surface area (Å²) in [5, 5.41) is 0.649. The molecule has 10 heavy (non-hydrogen) atoms. The van der Waals surface area contributed by atoms with E-state index < -0.39 is 0 Å². The summed E-state index contributed by atoms with van der Waals surface area (Å²) >= 11 is 11.5. The molecule has 0 aromatic carbocycles. The first-order chi connectivity index (χ1) is 4.63. The molecule has 0 amide bonds. The first kappa shape index (κ1) is 10.6. The van der Waals surface area contributed by atoms with Gasteiger partial charge in [-0.2, -0.15) is 0 Å². The minimum absolute atomic E-state index is 0.325. The van der Waals surface area contributed by atoms with Gasteiger partial charge in [0, 0.05) is 10.8 Å². The molecule has 0 aromatic rings. The fourth-order valence-corrected chi connectivity index (χ4v) is 1.16. The van der Waals surface area contributed by atoms with Gasteiger partial charge in [-0.05, 0) is 26.7 Å². The molecule has 0 heterocycles. The minimum atomic E-state index is 0.325. The Morgan fingerprint density at radius 2 is 1.20 bits per heavy atom. The molecule has 0 aliphatic heterocycles. The van der Waals surface area contributed by atoms with Gasteiger partial charge in [0.25, 0.3) is 0 Å². The van der Waals surface area contributed by atoms with Crippen molar-refractivity contribution in [2.24, 2.45) is 0 Å². The van der Waals surface area contributed by atoms with E-state index in [0.29, 0.717) is 10.8 Å². The lowest BCUT2D eigenvalue weighted by molar-refractivity contribution is 0.631. The highest BCUT2D eigenvalue weighted by Crippen LogP contribution is 2.11. The zero-order valence-electron chi connectivity index (χ0n) is 6.74. The number of rotatable bonds is 5. The van der Waals surface area contributed by atoms with E-state index in [-0.39, 0.29) is 0 Å². The van der Waals surface area contributed by atoms with Gasteiger partial charge in [-0.3, -0.25) is 0 Å². The standard InChI is InChI=1S/C8H16Cl2/c1-7(9)5-3-4-6-8(2)10/h7-8H,3-6H2,1-2H3. The SMILES string of the molecule is CC(Cl)CCCCC(C)Cl. The van der Waals surface area contributed by atoms with Crippen LogP contribution in [0.1, 0.15) is 39.5 Å². The number of alkyl halides is 2. The largest absolute Gasteiger partial charge is 0.123 e. The fourth-order valence-electron chi connectivity index (χ4n) is 0.851. The lowest BCUT2D eigenvalue weighted by Crippen LogP contribution is -1.93. The summed E-state index contributed by atoms with van der Waals surface area (Å²) in [6.45, 7) is 4.07. The van der Waals surface area contributed by atoms with Crippen molar-refractivity contribution in [3.63, 3.8) is 0 Å². The summed E-state index contributed by atoms with van der Waals surface area (Å²) in [5.41, 5.74) is 0. The van der Waals surface area contributed by atoms with Gasteiger partial charge in [0.1, 0.15) is 0 Å². The van der Waals surface area contributed by atoms with Crippen LogP contribution < -0.4 is 0 Å². The van der Waals surface area contributed by atoms with Crippen LogP contribution in [-0.2, 0) is 0 Å². The van der Waals surface area contributed by atoms with Gasteiger partial charge in [-0.1, -0.05) is 12.8 Å². The highest BCUT2D eigenvalue weighted by atomic mass is 35.5. The summed E-state index contributed by atoms with van der Waals surface area (Å²) in [4.78, 5) is 0. The molecule has 0 fully saturated rings. The number of unbranched alkanes of at least 4 members (excludes halogenated alkanes) is 1. The highest BCUT2D eigenvalue weighted by molar-refractivity contribution is 6.20. The molecule has 0 radical (unpaired) electrons. The third-order valence-corrected chi connectivity index (χ3v) is 1.89. The molecule has 0 saturated heterocycles. The lowest BCUT2D eigenvalue weighted by Gasteiger charge is -2.03. The van der Waals surface area contributed by atoms with Crippen molar-refractivity contribution in [3.8, 4) is 0 Å². The Morgan fingerprint density at radius 3 is 1.40 bits per heavy atom. The lowest BCUT2D eigenvalue weighted by atomic mass is 10.1. The molecule has 2 unspecified atom stereocenters. The minimum Gasteiger partial charge on any atom is -0.123 e. The Kier molecular flexibility index (Phi) is 6.67. The molecule has 0 spiro atoms. The molecule has 0 N–H and O–H groups in total. The monoisotopic (exact) mass is 182 g/mol. The molecule has 0 aromatic heterocycles. The molecule has 0 aliphatic carbocycles. The summed E-state index contributed by atoms with van der Waals surface area (Å²) in [6.07, 6.45) is 4.65. The van der Waals surface area contributed by atoms with Crippen LogP contribution in [0.5, 0.6) is 0 Å². The first-order valence-corrected chi connectivity index (χ1v) is 4.78. The summed E-state index contributed by atoms with van der Waals surface area (Å²) in [6, 6.07) is 0. The van der Waals surface area contributed by atoms with Crippen molar-refractivity contribution >= 4 is 23.2 Å². The van der Waals surface area contributed by atoms with E-state index in [1.165, 1.54) is 12.8 Å². The smallest absolute Gasteiger partial charge is 0.0307 e. The summed E-state index contributed by atoms with van der Waals surface area (Å²) in [5.74, 6) is 0. The van der Waals surface area contributed by atoms with Crippen LogP contribution in [0.3, 0.4) is 0 Å². The van der Waals surface area contributed by atoms with Crippen LogP contribution in [0, 0.1) is 0 Å². The summed E-state index contributed by atoms with van der Waals surface area (Å²) in [7, 11) is 0. The van der Waals surface area contributed by atoms with Crippen LogP contribution in [0.15, 0.2) is 0 Å². The Bertz CT molecular complexity index is 59.7. The molecule has 62 valence electrons. The van der Waals surface area contributed by atoms with Crippen LogP contribution in [0.25, 0.3) is 0 Å². The maximum Gasteiger partial charge on any atom is 0.0307 e. The van der Waals surface area contributed by atoms with Crippen LogP contribution in [0.2, 0.25) is 0 Å². The molecule has 2 atom stereocenters. The zero-order chi connectivity index (χ0) is 7.98. The Hall–Kier alpha value is 0.580. The maximum absolute atomic E-state index is 5.76. The average molecular weight is 183 g/mol. The molecule has 0 saturated carbocycles. The Labute approximate surface area is 73.9 Å². The second kappa shape index (κ2) is 6.30. The normalized spacial score (nSPS) is 16.8. The van der Waals surface area contributed by atoms with Crippen molar-refractivity contribution in [1.82, 2.24) is 0 Å². The predicted molar refractivity (Wildman–Crippen MR) is 49.1 cm³/mol. The fraction of sp³-hybridized carbons (Fsp3) is 1.00. The van der Waals surface area contributed by atoms with E-state index in [1.807, 2.05) is 13.8 Å². The third-order valence-electron chi connectivity index (χ3n) is 1.45. The average Bonchev–Trinajstić information content (AvgIpc) is 1.79. The van der Waals surface area contributed by atoms with Crippen LogP contribution in [0.4, 0.5) is 0 Å². The molecular formula is C8H16Cl2. The molecule has 0 nitrogen and oxygen atoms in total. The summed E-state index contributed by atoms with van der Waals surface area (Å²) < 4.78 is 0. The molecular weight excluding hydrogens is 167 g/mol. The predicted octanol–water partition coefficient (Wildman–Crippen LogP) is 3.80. The van der Waals surface area contributed by atoms with Crippen molar-refractivity contribution < 1.29 is 0 Å². The van der Waals surface area contributed by atoms with E-state index in [0.717, 1.165) is 12.8 Å². The molecule has 0 aliphatic rings. The highest BCUT2D eigenvalue weighted by Gasteiger charge is 1.98. The number of halogens is 2. The van der Waals surface area contributed by atoms with Gasteiger partial charge >= 0.3 is 0 Å². The topological polar surface area (TPSA) is 0 Å². The maximum atomic E-state index is 5.76. The van der Waals surface area contributed by atoms with Crippen molar-refractivity contribution in [1.29, 1.82) is 0 Å². The van der Waals surface area contributed by atoms with E-state index in [9.17, 15) is 0 Å². The second-order valence-electron chi connectivity index (χ2n) is 2.85. The Balaban J connectivity index is 2.91. The quantitative estimate of drug-likeness (QED) is 0.449. The van der Waals surface area contributed by atoms with Gasteiger partial charge < -0.3 is 0 Å². The van der Waals surface area contributed by atoms with Crippen LogP contribution >= 0.6 is 23.2 Å². The van der Waals surface area contributed by atoms with Gasteiger partial charge in [-0.15, -0.1) is 23.2 Å². The van der Waals surface area contributed by atoms with Crippen molar-refractivity contribution in [2.75, 3.05) is 0 Å². The van der Waals surface area contributed by atoms with Gasteiger partial charge in [-0.25, -0.2) is 0 Å². The number of hydrogen-bond acceptors (Lipinski definition) is 0. The molecule has 0 bridgehead atoms. The van der Waals surface area contributed by atoms with E-state index in [2.05, 4.69) is 0 Å². The zero-order valence-corrected chi connectivity index (χ0v) is 8.25. The van der Waals surface area contributed by atoms with Gasteiger partial charge in [0.2, 0.25) is 0 Å². The van der Waals surface area contributed by atoms with Gasteiger partial charge in [0.15, 0.2) is 0 Å². The molecule has 0 rings (SSSR count). The first-order valence-electron chi connectivity index (χ1n) is 3.91. The Morgan fingerprint density at radius 1 is 0.900 bits per heavy atom. The molecule has 2 heteroatoms. The third kappa shape index (κ3) is 8.58.